The van der Waals surface area contributed by atoms with Gasteiger partial charge in [-0.2, -0.15) is 0 Å². The standard InChI is InChI=1S/C19H20Cl2N2O2/c1-12-2-4-17(16(21)10-12)23-19(24)15-11-13(20)3-5-18(15)25-14-6-8-22-9-7-14/h2-5,10-11,14,22H,6-9H2,1H3,(H,23,24). The van der Waals surface area contributed by atoms with Gasteiger partial charge in [0.1, 0.15) is 11.9 Å². The smallest absolute Gasteiger partial charge is 0.259 e. The predicted octanol–water partition coefficient (Wildman–Crippen LogP) is 4.68. The largest absolute Gasteiger partial charge is 0.489 e. The number of nitrogens with one attached hydrogen (secondary N) is 2. The number of hydrogen-bond acceptors (Lipinski definition) is 3. The van der Waals surface area contributed by atoms with Crippen LogP contribution in [0.4, 0.5) is 5.69 Å². The highest BCUT2D eigenvalue weighted by Gasteiger charge is 2.20. The lowest BCUT2D eigenvalue weighted by molar-refractivity contribution is 0.101. The Morgan fingerprint density at radius 1 is 1.16 bits per heavy atom. The number of carbonyl (C=O) groups is 1. The second-order valence-corrected chi connectivity index (χ2v) is 6.99. The van der Waals surface area contributed by atoms with Gasteiger partial charge in [0.15, 0.2) is 0 Å². The molecule has 6 heteroatoms. The molecule has 2 N–H and O–H groups in total. The van der Waals surface area contributed by atoms with E-state index < -0.39 is 0 Å². The van der Waals surface area contributed by atoms with Crippen LogP contribution in [0.3, 0.4) is 0 Å². The number of amides is 1. The zero-order valence-electron chi connectivity index (χ0n) is 13.9. The fourth-order valence-electron chi connectivity index (χ4n) is 2.79. The molecule has 132 valence electrons. The number of hydrogen-bond donors (Lipinski definition) is 2. The van der Waals surface area contributed by atoms with Gasteiger partial charge < -0.3 is 15.4 Å². The third-order valence-electron chi connectivity index (χ3n) is 4.14. The maximum absolute atomic E-state index is 12.7. The van der Waals surface area contributed by atoms with Crippen molar-refractivity contribution in [3.63, 3.8) is 0 Å². The lowest BCUT2D eigenvalue weighted by atomic mass is 10.1. The molecule has 1 heterocycles. The highest BCUT2D eigenvalue weighted by molar-refractivity contribution is 6.34. The summed E-state index contributed by atoms with van der Waals surface area (Å²) in [5, 5.41) is 7.11. The van der Waals surface area contributed by atoms with Crippen molar-refractivity contribution in [2.45, 2.75) is 25.9 Å². The summed E-state index contributed by atoms with van der Waals surface area (Å²) in [7, 11) is 0. The van der Waals surface area contributed by atoms with E-state index in [1.807, 2.05) is 19.1 Å². The third-order valence-corrected chi connectivity index (χ3v) is 4.69. The van der Waals surface area contributed by atoms with Crippen LogP contribution in [-0.4, -0.2) is 25.1 Å². The van der Waals surface area contributed by atoms with Gasteiger partial charge in [-0.15, -0.1) is 0 Å². The summed E-state index contributed by atoms with van der Waals surface area (Å²) in [5.41, 5.74) is 1.99. The van der Waals surface area contributed by atoms with Gasteiger partial charge in [-0.1, -0.05) is 29.3 Å². The summed E-state index contributed by atoms with van der Waals surface area (Å²) in [6.07, 6.45) is 1.91. The molecule has 0 atom stereocenters. The number of halogens is 2. The van der Waals surface area contributed by atoms with Crippen LogP contribution in [0.5, 0.6) is 5.75 Å². The lowest BCUT2D eigenvalue weighted by Crippen LogP contribution is -2.34. The molecule has 1 fully saturated rings. The average Bonchev–Trinajstić information content (AvgIpc) is 2.60. The summed E-state index contributed by atoms with van der Waals surface area (Å²) in [5.74, 6) is 0.245. The molecule has 25 heavy (non-hydrogen) atoms. The van der Waals surface area contributed by atoms with Gasteiger partial charge in [0.05, 0.1) is 16.3 Å². The Hall–Kier alpha value is -1.75. The Kier molecular flexibility index (Phi) is 5.84. The maximum atomic E-state index is 12.7. The quantitative estimate of drug-likeness (QED) is 0.811. The number of benzene rings is 2. The number of piperidine rings is 1. The lowest BCUT2D eigenvalue weighted by Gasteiger charge is -2.25. The number of anilines is 1. The summed E-state index contributed by atoms with van der Waals surface area (Å²) < 4.78 is 6.06. The monoisotopic (exact) mass is 378 g/mol. The molecule has 1 amide bonds. The first-order valence-corrected chi connectivity index (χ1v) is 9.03. The second-order valence-electron chi connectivity index (χ2n) is 6.15. The first-order valence-electron chi connectivity index (χ1n) is 8.27. The summed E-state index contributed by atoms with van der Waals surface area (Å²) in [6, 6.07) is 10.6. The molecule has 0 aromatic heterocycles. The maximum Gasteiger partial charge on any atom is 0.259 e. The Labute approximate surface area is 157 Å². The number of rotatable bonds is 4. The first-order chi connectivity index (χ1) is 12.0. The highest BCUT2D eigenvalue weighted by atomic mass is 35.5. The van der Waals surface area contributed by atoms with Crippen LogP contribution in [0.2, 0.25) is 10.0 Å². The Bertz CT molecular complexity index is 774. The second kappa shape index (κ2) is 8.09. The van der Waals surface area contributed by atoms with Gasteiger partial charge in [-0.3, -0.25) is 4.79 Å². The van der Waals surface area contributed by atoms with Crippen LogP contribution in [0, 0.1) is 6.92 Å². The van der Waals surface area contributed by atoms with Crippen LogP contribution in [0.15, 0.2) is 36.4 Å². The van der Waals surface area contributed by atoms with Crippen molar-refractivity contribution in [1.82, 2.24) is 5.32 Å². The molecular weight excluding hydrogens is 359 g/mol. The molecule has 2 aromatic carbocycles. The molecule has 0 aliphatic carbocycles. The molecule has 3 rings (SSSR count). The van der Waals surface area contributed by atoms with E-state index in [0.29, 0.717) is 27.0 Å². The highest BCUT2D eigenvalue weighted by Crippen LogP contribution is 2.28. The minimum atomic E-state index is -0.294. The predicted molar refractivity (Wildman–Crippen MR) is 102 cm³/mol. The Balaban J connectivity index is 1.81. The molecule has 0 spiro atoms. The van der Waals surface area contributed by atoms with Crippen molar-refractivity contribution in [3.05, 3.63) is 57.6 Å². The molecule has 0 saturated carbocycles. The summed E-state index contributed by atoms with van der Waals surface area (Å²) in [6.45, 7) is 3.77. The van der Waals surface area contributed by atoms with Crippen LogP contribution >= 0.6 is 23.2 Å². The SMILES string of the molecule is Cc1ccc(NC(=O)c2cc(Cl)ccc2OC2CCNCC2)c(Cl)c1. The molecule has 0 unspecified atom stereocenters. The van der Waals surface area contributed by atoms with Crippen molar-refractivity contribution in [2.75, 3.05) is 18.4 Å². The Morgan fingerprint density at radius 2 is 1.92 bits per heavy atom. The molecule has 2 aromatic rings. The van der Waals surface area contributed by atoms with E-state index in [1.54, 1.807) is 24.3 Å². The van der Waals surface area contributed by atoms with Crippen molar-refractivity contribution < 1.29 is 9.53 Å². The molecular formula is C19H20Cl2N2O2. The van der Waals surface area contributed by atoms with Gasteiger partial charge in [0.25, 0.3) is 5.91 Å². The zero-order valence-corrected chi connectivity index (χ0v) is 15.5. The summed E-state index contributed by atoms with van der Waals surface area (Å²) in [4.78, 5) is 12.7. The van der Waals surface area contributed by atoms with Gasteiger partial charge in [-0.25, -0.2) is 0 Å². The van der Waals surface area contributed by atoms with Crippen molar-refractivity contribution in [2.24, 2.45) is 0 Å². The Morgan fingerprint density at radius 3 is 2.64 bits per heavy atom. The number of aryl methyl sites for hydroxylation is 1. The first kappa shape index (κ1) is 18.1. The van der Waals surface area contributed by atoms with E-state index in [2.05, 4.69) is 10.6 Å². The van der Waals surface area contributed by atoms with E-state index in [9.17, 15) is 4.79 Å². The van der Waals surface area contributed by atoms with Crippen molar-refractivity contribution >= 4 is 34.8 Å². The van der Waals surface area contributed by atoms with Gasteiger partial charge in [0, 0.05) is 5.02 Å². The van der Waals surface area contributed by atoms with E-state index in [1.165, 1.54) is 0 Å². The van der Waals surface area contributed by atoms with E-state index in [-0.39, 0.29) is 12.0 Å². The molecule has 1 aliphatic heterocycles. The summed E-state index contributed by atoms with van der Waals surface area (Å²) >= 11 is 12.3. The van der Waals surface area contributed by atoms with Crippen LogP contribution in [0.25, 0.3) is 0 Å². The van der Waals surface area contributed by atoms with E-state index >= 15 is 0 Å². The molecule has 4 nitrogen and oxygen atoms in total. The van der Waals surface area contributed by atoms with Gasteiger partial charge in [0.2, 0.25) is 0 Å². The average molecular weight is 379 g/mol. The van der Waals surface area contributed by atoms with E-state index in [0.717, 1.165) is 31.5 Å². The van der Waals surface area contributed by atoms with Crippen LogP contribution < -0.4 is 15.4 Å². The molecule has 0 radical (unpaired) electrons. The van der Waals surface area contributed by atoms with Gasteiger partial charge in [-0.05, 0) is 68.8 Å². The van der Waals surface area contributed by atoms with Crippen LogP contribution in [-0.2, 0) is 0 Å². The van der Waals surface area contributed by atoms with Crippen LogP contribution in [0.1, 0.15) is 28.8 Å². The molecule has 1 saturated heterocycles. The van der Waals surface area contributed by atoms with Gasteiger partial charge >= 0.3 is 0 Å². The van der Waals surface area contributed by atoms with Crippen molar-refractivity contribution in [3.8, 4) is 5.75 Å². The fraction of sp³-hybridized carbons (Fsp3) is 0.316. The molecule has 1 aliphatic rings. The normalized spacial score (nSPS) is 15.0. The van der Waals surface area contributed by atoms with E-state index in [4.69, 9.17) is 27.9 Å². The minimum absolute atomic E-state index is 0.0944. The zero-order chi connectivity index (χ0) is 17.8. The fourth-order valence-corrected chi connectivity index (χ4v) is 3.24. The third kappa shape index (κ3) is 4.66. The number of ether oxygens (including phenoxy) is 1. The van der Waals surface area contributed by atoms with Crippen molar-refractivity contribution in [1.29, 1.82) is 0 Å². The number of carbonyl (C=O) groups excluding carboxylic acids is 1. The topological polar surface area (TPSA) is 50.4 Å². The minimum Gasteiger partial charge on any atom is -0.489 e. The molecule has 0 bridgehead atoms.